The maximum absolute atomic E-state index is 13.7. The number of carbonyl (C=O) groups is 2. The number of amides is 2. The van der Waals surface area contributed by atoms with Gasteiger partial charge >= 0.3 is 6.09 Å². The summed E-state index contributed by atoms with van der Waals surface area (Å²) in [7, 11) is 1.69. The molecule has 0 saturated carbocycles. The molecule has 39 heavy (non-hydrogen) atoms. The average molecular weight is 546 g/mol. The lowest BCUT2D eigenvalue weighted by Gasteiger charge is -2.48. The Kier molecular flexibility index (Phi) is 7.85. The van der Waals surface area contributed by atoms with Gasteiger partial charge in [0.2, 0.25) is 5.91 Å². The number of hydrogen-bond acceptors (Lipinski definition) is 7. The Morgan fingerprint density at radius 2 is 2.00 bits per heavy atom. The summed E-state index contributed by atoms with van der Waals surface area (Å²) in [5.74, 6) is 0.183. The van der Waals surface area contributed by atoms with E-state index in [1.807, 2.05) is 42.5 Å². The molecule has 204 valence electrons. The monoisotopic (exact) mass is 545 g/mol. The van der Waals surface area contributed by atoms with E-state index >= 15 is 0 Å². The molecule has 3 aliphatic heterocycles. The molecule has 1 fully saturated rings. The number of thioether (sulfide) groups is 1. The number of likely N-dealkylation sites (tertiary alicyclic amines) is 1. The van der Waals surface area contributed by atoms with E-state index in [2.05, 4.69) is 24.5 Å². The molecule has 4 atom stereocenters. The molecule has 0 spiro atoms. The lowest BCUT2D eigenvalue weighted by molar-refractivity contribution is -0.137. The molecule has 1 saturated heterocycles. The average Bonchev–Trinajstić information content (AvgIpc) is 3.47. The number of carbonyl (C=O) groups excluding carboxylic acids is 2. The first kappa shape index (κ1) is 27.1. The molecule has 8 nitrogen and oxygen atoms in total. The summed E-state index contributed by atoms with van der Waals surface area (Å²) < 4.78 is 5.54. The first-order valence-electron chi connectivity index (χ1n) is 13.5. The van der Waals surface area contributed by atoms with Gasteiger partial charge in [0, 0.05) is 36.9 Å². The molecule has 0 radical (unpaired) electrons. The largest absolute Gasteiger partial charge is 0.445 e. The minimum atomic E-state index is -0.677. The number of allylic oxidation sites excluding steroid dienone is 5. The van der Waals surface area contributed by atoms with Crippen molar-refractivity contribution < 1.29 is 14.3 Å². The normalized spacial score (nSPS) is 29.4. The molecule has 0 bridgehead atoms. The van der Waals surface area contributed by atoms with Crippen molar-refractivity contribution in [2.45, 2.75) is 50.0 Å². The molecular weight excluding hydrogens is 510 g/mol. The van der Waals surface area contributed by atoms with E-state index < -0.39 is 5.54 Å². The molecule has 5 rings (SSSR count). The van der Waals surface area contributed by atoms with Crippen LogP contribution in [0, 0.1) is 29.1 Å². The number of nitriles is 1. The fourth-order valence-corrected chi connectivity index (χ4v) is 7.59. The third kappa shape index (κ3) is 5.48. The fraction of sp³-hybridized carbons (Fsp3) is 0.467. The molecule has 9 heteroatoms. The van der Waals surface area contributed by atoms with Gasteiger partial charge in [0.1, 0.15) is 6.61 Å². The Bertz CT molecular complexity index is 1280. The molecule has 3 heterocycles. The molecule has 0 aromatic heterocycles. The molecule has 1 aromatic carbocycles. The van der Waals surface area contributed by atoms with Crippen LogP contribution in [-0.2, 0) is 16.1 Å². The van der Waals surface area contributed by atoms with Crippen molar-refractivity contribution in [3.63, 3.8) is 0 Å². The van der Waals surface area contributed by atoms with E-state index in [0.717, 1.165) is 17.6 Å². The summed E-state index contributed by atoms with van der Waals surface area (Å²) in [6.45, 7) is 3.40. The number of nitrogens with zero attached hydrogens (tertiary/aromatic N) is 4. The van der Waals surface area contributed by atoms with Crippen LogP contribution in [0.4, 0.5) is 4.79 Å². The summed E-state index contributed by atoms with van der Waals surface area (Å²) in [6.07, 6.45) is 8.58. The number of aliphatic imine (C=N–C) groups is 1. The van der Waals surface area contributed by atoms with Crippen LogP contribution in [0.1, 0.15) is 38.2 Å². The maximum atomic E-state index is 13.7. The molecule has 1 aliphatic carbocycles. The Labute approximate surface area is 234 Å². The van der Waals surface area contributed by atoms with Crippen LogP contribution in [0.3, 0.4) is 0 Å². The highest BCUT2D eigenvalue weighted by Gasteiger charge is 2.54. The van der Waals surface area contributed by atoms with Crippen molar-refractivity contribution in [1.82, 2.24) is 9.80 Å². The summed E-state index contributed by atoms with van der Waals surface area (Å²) in [5, 5.41) is 11.6. The Hall–Kier alpha value is -3.51. The zero-order chi connectivity index (χ0) is 27.6. The van der Waals surface area contributed by atoms with Gasteiger partial charge in [-0.05, 0) is 55.6 Å². The molecule has 2 amide bonds. The summed E-state index contributed by atoms with van der Waals surface area (Å²) >= 11 is 1.73. The first-order chi connectivity index (χ1) is 18.8. The smallest absolute Gasteiger partial charge is 0.410 e. The van der Waals surface area contributed by atoms with Crippen LogP contribution < -0.4 is 5.73 Å². The first-order valence-corrected chi connectivity index (χ1v) is 14.4. The number of hydrogen-bond donors (Lipinski definition) is 1. The van der Waals surface area contributed by atoms with Crippen LogP contribution in [0.15, 0.2) is 70.1 Å². The van der Waals surface area contributed by atoms with E-state index in [9.17, 15) is 14.9 Å². The van der Waals surface area contributed by atoms with Gasteiger partial charge in [0.05, 0.1) is 17.5 Å². The molecule has 2 unspecified atom stereocenters. The SMILES string of the molecule is CN1C(=O)[C@H](C2CCN(C(=O)OCc3ccccc3)CC2)[C@@](C)(C2CC(C3C=CC=C(C#N)C3)=CS2)N=C1N. The van der Waals surface area contributed by atoms with Crippen molar-refractivity contribution in [2.75, 3.05) is 20.1 Å². The third-order valence-corrected chi connectivity index (χ3v) is 9.97. The van der Waals surface area contributed by atoms with Crippen molar-refractivity contribution in [2.24, 2.45) is 28.5 Å². The van der Waals surface area contributed by atoms with Crippen molar-refractivity contribution in [3.05, 3.63) is 70.7 Å². The van der Waals surface area contributed by atoms with E-state index in [1.54, 1.807) is 23.7 Å². The number of nitrogens with two attached hydrogens (primary N) is 1. The van der Waals surface area contributed by atoms with Gasteiger partial charge < -0.3 is 15.4 Å². The Morgan fingerprint density at radius 3 is 2.72 bits per heavy atom. The second-order valence-corrected chi connectivity index (χ2v) is 12.0. The third-order valence-electron chi connectivity index (χ3n) is 8.56. The Balaban J connectivity index is 1.26. The van der Waals surface area contributed by atoms with Crippen LogP contribution in [0.25, 0.3) is 0 Å². The van der Waals surface area contributed by atoms with Crippen LogP contribution in [0.2, 0.25) is 0 Å². The topological polar surface area (TPSA) is 112 Å². The predicted octanol–water partition coefficient (Wildman–Crippen LogP) is 4.61. The standard InChI is InChI=1S/C30H35N5O3S/c1-30(25-16-24(19-39-25)23-10-6-9-21(15-23)17-31)26(27(36)34(2)28(32)33-30)22-11-13-35(14-12-22)29(37)38-18-20-7-4-3-5-8-20/h3-10,19,22-23,25-26H,11-16,18H2,1-2H3,(H2,32,33)/t23?,25?,26-,30+/m0/s1. The number of rotatable bonds is 5. The van der Waals surface area contributed by atoms with Gasteiger partial charge in [0.15, 0.2) is 5.96 Å². The lowest BCUT2D eigenvalue weighted by Crippen LogP contribution is -2.61. The zero-order valence-electron chi connectivity index (χ0n) is 22.5. The molecule has 4 aliphatic rings. The van der Waals surface area contributed by atoms with E-state index in [-0.39, 0.29) is 47.6 Å². The number of piperidine rings is 1. The van der Waals surface area contributed by atoms with Crippen LogP contribution in [-0.4, -0.2) is 58.7 Å². The van der Waals surface area contributed by atoms with Crippen molar-refractivity contribution >= 4 is 29.7 Å². The van der Waals surface area contributed by atoms with Gasteiger partial charge in [-0.25, -0.2) is 9.79 Å². The highest BCUT2D eigenvalue weighted by Crippen LogP contribution is 2.50. The second-order valence-electron chi connectivity index (χ2n) is 11.0. The van der Waals surface area contributed by atoms with Gasteiger partial charge in [-0.3, -0.25) is 9.69 Å². The number of guanidine groups is 1. The molecular formula is C30H35N5O3S. The summed E-state index contributed by atoms with van der Waals surface area (Å²) in [4.78, 5) is 34.7. The fourth-order valence-electron chi connectivity index (χ4n) is 6.22. The minimum Gasteiger partial charge on any atom is -0.445 e. The van der Waals surface area contributed by atoms with Crippen LogP contribution >= 0.6 is 11.8 Å². The minimum absolute atomic E-state index is 0.00332. The molecule has 2 N–H and O–H groups in total. The van der Waals surface area contributed by atoms with E-state index in [1.165, 1.54) is 10.5 Å². The van der Waals surface area contributed by atoms with E-state index in [4.69, 9.17) is 15.5 Å². The second kappa shape index (κ2) is 11.3. The maximum Gasteiger partial charge on any atom is 0.410 e. The highest BCUT2D eigenvalue weighted by molar-refractivity contribution is 8.03. The van der Waals surface area contributed by atoms with Gasteiger partial charge in [0.25, 0.3) is 0 Å². The van der Waals surface area contributed by atoms with Gasteiger partial charge in [-0.1, -0.05) is 48.1 Å². The zero-order valence-corrected chi connectivity index (χ0v) is 23.3. The quantitative estimate of drug-likeness (QED) is 0.578. The van der Waals surface area contributed by atoms with Crippen molar-refractivity contribution in [1.29, 1.82) is 5.26 Å². The lowest BCUT2D eigenvalue weighted by atomic mass is 9.69. The van der Waals surface area contributed by atoms with E-state index in [0.29, 0.717) is 32.4 Å². The molecule has 1 aromatic rings. The Morgan fingerprint density at radius 1 is 1.26 bits per heavy atom. The number of benzene rings is 1. The van der Waals surface area contributed by atoms with Crippen LogP contribution in [0.5, 0.6) is 0 Å². The summed E-state index contributed by atoms with van der Waals surface area (Å²) in [5.41, 5.74) is 8.60. The summed E-state index contributed by atoms with van der Waals surface area (Å²) in [6, 6.07) is 11.9. The van der Waals surface area contributed by atoms with Gasteiger partial charge in [-0.2, -0.15) is 5.26 Å². The predicted molar refractivity (Wildman–Crippen MR) is 152 cm³/mol. The van der Waals surface area contributed by atoms with Crippen molar-refractivity contribution in [3.8, 4) is 6.07 Å². The highest BCUT2D eigenvalue weighted by atomic mass is 32.2. The number of ether oxygens (including phenoxy) is 1. The van der Waals surface area contributed by atoms with Gasteiger partial charge in [-0.15, -0.1) is 11.8 Å².